The van der Waals surface area contributed by atoms with E-state index in [1.807, 2.05) is 7.05 Å². The van der Waals surface area contributed by atoms with Crippen LogP contribution in [0.4, 0.5) is 0 Å². The van der Waals surface area contributed by atoms with Gasteiger partial charge in [0.15, 0.2) is 0 Å². The number of rotatable bonds is 6. The van der Waals surface area contributed by atoms with E-state index in [1.54, 1.807) is 11.3 Å². The Labute approximate surface area is 94.1 Å². The Kier molecular flexibility index (Phi) is 4.78. The van der Waals surface area contributed by atoms with Crippen molar-refractivity contribution in [1.29, 1.82) is 0 Å². The fourth-order valence-electron chi connectivity index (χ4n) is 1.61. The molecule has 0 radical (unpaired) electrons. The molecule has 0 spiro atoms. The number of thiophene rings is 1. The smallest absolute Gasteiger partial charge is 0.303 e. The molecule has 0 aliphatic carbocycles. The molecule has 0 saturated carbocycles. The standard InChI is InChI=1S/C11H17NO2S/c1-8-6-7-15-11(8)9(12-2)4-3-5-10(13)14/h6-7,9,12H,3-5H2,1-2H3,(H,13,14). The molecule has 1 unspecified atom stereocenters. The Morgan fingerprint density at radius 3 is 2.87 bits per heavy atom. The van der Waals surface area contributed by atoms with Crippen molar-refractivity contribution in [3.05, 3.63) is 21.9 Å². The number of carboxylic acid groups (broad SMARTS) is 1. The van der Waals surface area contributed by atoms with E-state index in [2.05, 4.69) is 23.7 Å². The third-order valence-corrected chi connectivity index (χ3v) is 3.58. The zero-order valence-electron chi connectivity index (χ0n) is 9.12. The molecule has 1 rings (SSSR count). The molecule has 0 bridgehead atoms. The minimum Gasteiger partial charge on any atom is -0.481 e. The minimum absolute atomic E-state index is 0.253. The summed E-state index contributed by atoms with van der Waals surface area (Å²) in [6, 6.07) is 2.39. The number of hydrogen-bond donors (Lipinski definition) is 2. The maximum absolute atomic E-state index is 10.4. The molecule has 0 fully saturated rings. The Balaban J connectivity index is 2.50. The van der Waals surface area contributed by atoms with Crippen molar-refractivity contribution >= 4 is 17.3 Å². The van der Waals surface area contributed by atoms with Crippen molar-refractivity contribution in [2.24, 2.45) is 0 Å². The van der Waals surface area contributed by atoms with Gasteiger partial charge in [-0.25, -0.2) is 0 Å². The summed E-state index contributed by atoms with van der Waals surface area (Å²) in [5.41, 5.74) is 1.29. The van der Waals surface area contributed by atoms with Crippen LogP contribution in [0.3, 0.4) is 0 Å². The first-order chi connectivity index (χ1) is 7.15. The molecule has 1 heterocycles. The molecule has 84 valence electrons. The van der Waals surface area contributed by atoms with Crippen LogP contribution in [0.1, 0.15) is 35.7 Å². The van der Waals surface area contributed by atoms with Crippen molar-refractivity contribution in [3.8, 4) is 0 Å². The van der Waals surface area contributed by atoms with Gasteiger partial charge in [-0.05, 0) is 43.8 Å². The average Bonchev–Trinajstić information content (AvgIpc) is 2.59. The second-order valence-electron chi connectivity index (χ2n) is 3.60. The Hall–Kier alpha value is -0.870. The first-order valence-corrected chi connectivity index (χ1v) is 5.96. The van der Waals surface area contributed by atoms with E-state index in [-0.39, 0.29) is 6.42 Å². The molecule has 0 saturated heterocycles. The van der Waals surface area contributed by atoms with Gasteiger partial charge in [-0.3, -0.25) is 4.79 Å². The maximum atomic E-state index is 10.4. The van der Waals surface area contributed by atoms with Gasteiger partial charge < -0.3 is 10.4 Å². The van der Waals surface area contributed by atoms with Gasteiger partial charge in [0.1, 0.15) is 0 Å². The number of aliphatic carboxylic acids is 1. The number of hydrogen-bond acceptors (Lipinski definition) is 3. The van der Waals surface area contributed by atoms with E-state index in [1.165, 1.54) is 10.4 Å². The quantitative estimate of drug-likeness (QED) is 0.785. The minimum atomic E-state index is -0.715. The highest BCUT2D eigenvalue weighted by molar-refractivity contribution is 7.10. The van der Waals surface area contributed by atoms with Crippen molar-refractivity contribution in [3.63, 3.8) is 0 Å². The van der Waals surface area contributed by atoms with Crippen LogP contribution in [0.15, 0.2) is 11.4 Å². The number of carboxylic acids is 1. The fraction of sp³-hybridized carbons (Fsp3) is 0.545. The molecule has 1 aromatic heterocycles. The lowest BCUT2D eigenvalue weighted by Gasteiger charge is -2.15. The van der Waals surface area contributed by atoms with Gasteiger partial charge >= 0.3 is 5.97 Å². The van der Waals surface area contributed by atoms with Crippen LogP contribution in [0.5, 0.6) is 0 Å². The molecule has 1 atom stereocenters. The third kappa shape index (κ3) is 3.64. The van der Waals surface area contributed by atoms with Gasteiger partial charge in [-0.1, -0.05) is 0 Å². The predicted molar refractivity (Wildman–Crippen MR) is 62.3 cm³/mol. The zero-order chi connectivity index (χ0) is 11.3. The molecule has 1 aromatic rings. The summed E-state index contributed by atoms with van der Waals surface area (Å²) in [5.74, 6) is -0.715. The molecule has 0 aliphatic heterocycles. The number of nitrogens with one attached hydrogen (secondary N) is 1. The van der Waals surface area contributed by atoms with E-state index in [0.717, 1.165) is 12.8 Å². The molecular weight excluding hydrogens is 210 g/mol. The van der Waals surface area contributed by atoms with E-state index in [0.29, 0.717) is 6.04 Å². The highest BCUT2D eigenvalue weighted by atomic mass is 32.1. The molecule has 0 aliphatic rings. The van der Waals surface area contributed by atoms with E-state index in [9.17, 15) is 4.79 Å². The zero-order valence-corrected chi connectivity index (χ0v) is 9.93. The second kappa shape index (κ2) is 5.88. The molecule has 0 aromatic carbocycles. The van der Waals surface area contributed by atoms with Crippen LogP contribution in [0, 0.1) is 6.92 Å². The highest BCUT2D eigenvalue weighted by Crippen LogP contribution is 2.27. The number of aryl methyl sites for hydroxylation is 1. The van der Waals surface area contributed by atoms with E-state index in [4.69, 9.17) is 5.11 Å². The lowest BCUT2D eigenvalue weighted by atomic mass is 10.1. The Bertz CT molecular complexity index is 322. The van der Waals surface area contributed by atoms with Gasteiger partial charge in [-0.2, -0.15) is 0 Å². The van der Waals surface area contributed by atoms with Crippen molar-refractivity contribution in [1.82, 2.24) is 5.32 Å². The van der Waals surface area contributed by atoms with Crippen LogP contribution in [0.2, 0.25) is 0 Å². The monoisotopic (exact) mass is 227 g/mol. The van der Waals surface area contributed by atoms with Crippen molar-refractivity contribution in [2.75, 3.05) is 7.05 Å². The highest BCUT2D eigenvalue weighted by Gasteiger charge is 2.13. The Morgan fingerprint density at radius 1 is 1.67 bits per heavy atom. The largest absolute Gasteiger partial charge is 0.481 e. The number of carbonyl (C=O) groups is 1. The van der Waals surface area contributed by atoms with Crippen molar-refractivity contribution < 1.29 is 9.90 Å². The van der Waals surface area contributed by atoms with Gasteiger partial charge in [0.05, 0.1) is 0 Å². The predicted octanol–water partition coefficient (Wildman–Crippen LogP) is 2.57. The van der Waals surface area contributed by atoms with E-state index >= 15 is 0 Å². The fourth-order valence-corrected chi connectivity index (χ4v) is 2.68. The SMILES string of the molecule is CNC(CCCC(=O)O)c1sccc1C. The van der Waals surface area contributed by atoms with Gasteiger partial charge in [-0.15, -0.1) is 11.3 Å². The van der Waals surface area contributed by atoms with Crippen molar-refractivity contribution in [2.45, 2.75) is 32.2 Å². The lowest BCUT2D eigenvalue weighted by Crippen LogP contribution is -2.16. The molecule has 2 N–H and O–H groups in total. The summed E-state index contributed by atoms with van der Waals surface area (Å²) in [6.45, 7) is 2.09. The first kappa shape index (κ1) is 12.2. The van der Waals surface area contributed by atoms with Crippen LogP contribution in [0.25, 0.3) is 0 Å². The van der Waals surface area contributed by atoms with Crippen LogP contribution in [-0.4, -0.2) is 18.1 Å². The average molecular weight is 227 g/mol. The summed E-state index contributed by atoms with van der Waals surface area (Å²) in [6.07, 6.45) is 1.85. The second-order valence-corrected chi connectivity index (χ2v) is 4.54. The molecule has 15 heavy (non-hydrogen) atoms. The maximum Gasteiger partial charge on any atom is 0.303 e. The Morgan fingerprint density at radius 2 is 2.40 bits per heavy atom. The van der Waals surface area contributed by atoms with Crippen LogP contribution < -0.4 is 5.32 Å². The van der Waals surface area contributed by atoms with Gasteiger partial charge in [0.25, 0.3) is 0 Å². The van der Waals surface area contributed by atoms with Gasteiger partial charge in [0.2, 0.25) is 0 Å². The summed E-state index contributed by atoms with van der Waals surface area (Å²) in [4.78, 5) is 11.7. The van der Waals surface area contributed by atoms with Crippen LogP contribution >= 0.6 is 11.3 Å². The lowest BCUT2D eigenvalue weighted by molar-refractivity contribution is -0.137. The normalized spacial score (nSPS) is 12.7. The summed E-state index contributed by atoms with van der Waals surface area (Å²) in [7, 11) is 1.92. The molecule has 4 heteroatoms. The molecule has 0 amide bonds. The third-order valence-electron chi connectivity index (χ3n) is 2.45. The summed E-state index contributed by atoms with van der Waals surface area (Å²) < 4.78 is 0. The summed E-state index contributed by atoms with van der Waals surface area (Å²) in [5, 5.41) is 13.9. The topological polar surface area (TPSA) is 49.3 Å². The van der Waals surface area contributed by atoms with E-state index < -0.39 is 5.97 Å². The molecular formula is C11H17NO2S. The summed E-state index contributed by atoms with van der Waals surface area (Å²) >= 11 is 1.73. The van der Waals surface area contributed by atoms with Crippen LogP contribution in [-0.2, 0) is 4.79 Å². The van der Waals surface area contributed by atoms with Gasteiger partial charge in [0, 0.05) is 17.3 Å². The molecule has 3 nitrogen and oxygen atoms in total. The first-order valence-electron chi connectivity index (χ1n) is 5.08.